The molecule has 0 aliphatic carbocycles. The van der Waals surface area contributed by atoms with Gasteiger partial charge >= 0.3 is 0 Å². The van der Waals surface area contributed by atoms with Crippen molar-refractivity contribution in [2.75, 3.05) is 19.8 Å². The molecule has 4 rings (SSSR count). The zero-order valence-corrected chi connectivity index (χ0v) is 17.9. The molecule has 3 aromatic rings. The van der Waals surface area contributed by atoms with Crippen molar-refractivity contribution in [1.82, 2.24) is 4.98 Å². The van der Waals surface area contributed by atoms with Gasteiger partial charge in [-0.05, 0) is 68.0 Å². The lowest BCUT2D eigenvalue weighted by atomic mass is 9.84. The van der Waals surface area contributed by atoms with Crippen molar-refractivity contribution < 1.29 is 24.1 Å². The third-order valence-electron chi connectivity index (χ3n) is 5.69. The van der Waals surface area contributed by atoms with Crippen molar-refractivity contribution in [1.29, 1.82) is 0 Å². The summed E-state index contributed by atoms with van der Waals surface area (Å²) < 4.78 is 25.4. The molecule has 1 saturated heterocycles. The van der Waals surface area contributed by atoms with Crippen molar-refractivity contribution in [2.45, 2.75) is 44.6 Å². The summed E-state index contributed by atoms with van der Waals surface area (Å²) in [5, 5.41) is 21.0. The lowest BCUT2D eigenvalue weighted by Crippen LogP contribution is -2.23. The van der Waals surface area contributed by atoms with E-state index in [2.05, 4.69) is 0 Å². The Hall–Kier alpha value is -2.70. The van der Waals surface area contributed by atoms with Crippen LogP contribution in [0.2, 0.25) is 0 Å². The van der Waals surface area contributed by atoms with Crippen molar-refractivity contribution >= 4 is 10.9 Å². The lowest BCUT2D eigenvalue weighted by Gasteiger charge is -2.28. The standard InChI is InChI=1S/C25H28FNO4/c1-25(2,29)11-14-31-24-23(17-9-12-30-13-10-17)22(16-3-5-18(26)6-4-16)20-8-7-19(28)15-21(20)27-24/h3-8,15,17,28-29H,9-14H2,1-2H3. The van der Waals surface area contributed by atoms with Crippen LogP contribution in [0.15, 0.2) is 42.5 Å². The topological polar surface area (TPSA) is 71.8 Å². The van der Waals surface area contributed by atoms with E-state index in [-0.39, 0.29) is 17.5 Å². The minimum Gasteiger partial charge on any atom is -0.508 e. The Labute approximate surface area is 181 Å². The monoisotopic (exact) mass is 425 g/mol. The van der Waals surface area contributed by atoms with Crippen LogP contribution < -0.4 is 4.74 Å². The number of aliphatic hydroxyl groups is 1. The maximum Gasteiger partial charge on any atom is 0.218 e. The van der Waals surface area contributed by atoms with Crippen molar-refractivity contribution in [3.63, 3.8) is 0 Å². The van der Waals surface area contributed by atoms with Gasteiger partial charge in [-0.3, -0.25) is 0 Å². The fraction of sp³-hybridized carbons (Fsp3) is 0.400. The molecule has 2 N–H and O–H groups in total. The number of rotatable bonds is 6. The van der Waals surface area contributed by atoms with Crippen molar-refractivity contribution in [3.05, 3.63) is 53.8 Å². The van der Waals surface area contributed by atoms with Crippen LogP contribution in [0.25, 0.3) is 22.0 Å². The van der Waals surface area contributed by atoms with E-state index in [1.54, 1.807) is 38.1 Å². The summed E-state index contributed by atoms with van der Waals surface area (Å²) in [6.45, 7) is 5.10. The first-order valence-electron chi connectivity index (χ1n) is 10.7. The normalized spacial score (nSPS) is 15.4. The van der Waals surface area contributed by atoms with Crippen LogP contribution in [-0.4, -0.2) is 40.6 Å². The number of aromatic hydroxyl groups is 1. The number of phenolic OH excluding ortho intramolecular Hbond substituents is 1. The van der Waals surface area contributed by atoms with Gasteiger partial charge in [0, 0.05) is 36.7 Å². The zero-order valence-electron chi connectivity index (χ0n) is 17.9. The number of phenols is 1. The molecule has 6 heteroatoms. The molecule has 164 valence electrons. The Balaban J connectivity index is 1.91. The van der Waals surface area contributed by atoms with Gasteiger partial charge in [-0.2, -0.15) is 0 Å². The molecular formula is C25H28FNO4. The second-order valence-electron chi connectivity index (χ2n) is 8.71. The van der Waals surface area contributed by atoms with Crippen molar-refractivity contribution in [2.24, 2.45) is 0 Å². The predicted molar refractivity (Wildman–Crippen MR) is 118 cm³/mol. The van der Waals surface area contributed by atoms with Gasteiger partial charge in [0.1, 0.15) is 11.6 Å². The summed E-state index contributed by atoms with van der Waals surface area (Å²) >= 11 is 0. The van der Waals surface area contributed by atoms with E-state index in [4.69, 9.17) is 14.5 Å². The number of hydrogen-bond donors (Lipinski definition) is 2. The zero-order chi connectivity index (χ0) is 22.0. The van der Waals surface area contributed by atoms with E-state index in [0.29, 0.717) is 37.6 Å². The lowest BCUT2D eigenvalue weighted by molar-refractivity contribution is 0.0541. The van der Waals surface area contributed by atoms with E-state index in [1.807, 2.05) is 6.07 Å². The third kappa shape index (κ3) is 4.97. The molecule has 0 bridgehead atoms. The SMILES string of the molecule is CC(C)(O)CCOc1nc2cc(O)ccc2c(-c2ccc(F)cc2)c1C1CCOCC1. The second-order valence-corrected chi connectivity index (χ2v) is 8.71. The van der Waals surface area contributed by atoms with E-state index in [1.165, 1.54) is 12.1 Å². The number of nitrogens with zero attached hydrogens (tertiary/aromatic N) is 1. The van der Waals surface area contributed by atoms with E-state index >= 15 is 0 Å². The average Bonchev–Trinajstić information content (AvgIpc) is 2.73. The van der Waals surface area contributed by atoms with Gasteiger partial charge in [-0.25, -0.2) is 9.37 Å². The number of aromatic nitrogens is 1. The number of benzene rings is 2. The molecule has 0 spiro atoms. The van der Waals surface area contributed by atoms with Gasteiger partial charge in [0.2, 0.25) is 5.88 Å². The van der Waals surface area contributed by atoms with Gasteiger partial charge in [-0.1, -0.05) is 12.1 Å². The van der Waals surface area contributed by atoms with Crippen LogP contribution >= 0.6 is 0 Å². The molecular weight excluding hydrogens is 397 g/mol. The minimum absolute atomic E-state index is 0.117. The van der Waals surface area contributed by atoms with Crippen LogP contribution in [0.3, 0.4) is 0 Å². The summed E-state index contributed by atoms with van der Waals surface area (Å²) in [5.74, 6) is 0.491. The molecule has 0 unspecified atom stereocenters. The second kappa shape index (κ2) is 8.81. The number of fused-ring (bicyclic) bond motifs is 1. The highest BCUT2D eigenvalue weighted by Crippen LogP contribution is 2.44. The van der Waals surface area contributed by atoms with Crippen LogP contribution in [0, 0.1) is 5.82 Å². The number of halogens is 1. The summed E-state index contributed by atoms with van der Waals surface area (Å²) in [5.41, 5.74) is 2.54. The van der Waals surface area contributed by atoms with E-state index < -0.39 is 5.60 Å². The summed E-state index contributed by atoms with van der Waals surface area (Å²) in [6, 6.07) is 11.5. The predicted octanol–water partition coefficient (Wildman–Crippen LogP) is 5.18. The first kappa shape index (κ1) is 21.5. The smallest absolute Gasteiger partial charge is 0.218 e. The van der Waals surface area contributed by atoms with Gasteiger partial charge in [0.25, 0.3) is 0 Å². The Morgan fingerprint density at radius 1 is 1.13 bits per heavy atom. The maximum atomic E-state index is 13.7. The molecule has 31 heavy (non-hydrogen) atoms. The molecule has 2 heterocycles. The van der Waals surface area contributed by atoms with Crippen molar-refractivity contribution in [3.8, 4) is 22.8 Å². The third-order valence-corrected chi connectivity index (χ3v) is 5.69. The van der Waals surface area contributed by atoms with Crippen LogP contribution in [0.4, 0.5) is 4.39 Å². The van der Waals surface area contributed by atoms with Gasteiger partial charge in [-0.15, -0.1) is 0 Å². The molecule has 0 radical (unpaired) electrons. The highest BCUT2D eigenvalue weighted by atomic mass is 19.1. The molecule has 0 amide bonds. The average molecular weight is 426 g/mol. The highest BCUT2D eigenvalue weighted by Gasteiger charge is 2.27. The Morgan fingerprint density at radius 3 is 2.52 bits per heavy atom. The van der Waals surface area contributed by atoms with Crippen LogP contribution in [0.5, 0.6) is 11.6 Å². The molecule has 0 atom stereocenters. The number of pyridine rings is 1. The number of ether oxygens (including phenoxy) is 2. The van der Waals surface area contributed by atoms with Crippen LogP contribution in [-0.2, 0) is 4.74 Å². The Morgan fingerprint density at radius 2 is 1.84 bits per heavy atom. The molecule has 1 aromatic heterocycles. The quantitative estimate of drug-likeness (QED) is 0.569. The fourth-order valence-corrected chi connectivity index (χ4v) is 4.05. The Kier molecular flexibility index (Phi) is 6.12. The first-order valence-corrected chi connectivity index (χ1v) is 10.7. The fourth-order valence-electron chi connectivity index (χ4n) is 4.05. The molecule has 1 fully saturated rings. The highest BCUT2D eigenvalue weighted by molar-refractivity contribution is 5.98. The van der Waals surface area contributed by atoms with Gasteiger partial charge in [0.15, 0.2) is 0 Å². The Bertz CT molecular complexity index is 1050. The van der Waals surface area contributed by atoms with Gasteiger partial charge < -0.3 is 19.7 Å². The maximum absolute atomic E-state index is 13.7. The summed E-state index contributed by atoms with van der Waals surface area (Å²) in [6.07, 6.45) is 2.12. The first-order chi connectivity index (χ1) is 14.8. The van der Waals surface area contributed by atoms with E-state index in [0.717, 1.165) is 34.9 Å². The number of hydrogen-bond acceptors (Lipinski definition) is 5. The minimum atomic E-state index is -0.853. The molecule has 1 aliphatic heterocycles. The van der Waals surface area contributed by atoms with Crippen LogP contribution in [0.1, 0.15) is 44.6 Å². The van der Waals surface area contributed by atoms with Gasteiger partial charge in [0.05, 0.1) is 17.7 Å². The largest absolute Gasteiger partial charge is 0.508 e. The molecule has 1 aliphatic rings. The molecule has 2 aromatic carbocycles. The van der Waals surface area contributed by atoms with E-state index in [9.17, 15) is 14.6 Å². The summed E-state index contributed by atoms with van der Waals surface area (Å²) in [7, 11) is 0. The summed E-state index contributed by atoms with van der Waals surface area (Å²) in [4.78, 5) is 4.76. The molecule has 5 nitrogen and oxygen atoms in total. The molecule has 0 saturated carbocycles.